The zero-order valence-electron chi connectivity index (χ0n) is 12.6. The largest absolute Gasteiger partial charge is 0.443 e. The van der Waals surface area contributed by atoms with Gasteiger partial charge in [-0.15, -0.1) is 0 Å². The second-order valence-corrected chi connectivity index (χ2v) is 4.80. The zero-order valence-corrected chi connectivity index (χ0v) is 12.6. The summed E-state index contributed by atoms with van der Waals surface area (Å²) in [6.07, 6.45) is 7.66. The molecule has 0 saturated heterocycles. The van der Waals surface area contributed by atoms with Gasteiger partial charge < -0.3 is 10.2 Å². The second kappa shape index (κ2) is 7.28. The first-order valence-corrected chi connectivity index (χ1v) is 7.16. The SMILES string of the molecule is NC(=CC(=NCc1ccccc1F)c1ncco1)c1ncccn1. The van der Waals surface area contributed by atoms with Crippen molar-refractivity contribution in [2.24, 2.45) is 10.7 Å². The third kappa shape index (κ3) is 3.70. The highest BCUT2D eigenvalue weighted by atomic mass is 19.1. The van der Waals surface area contributed by atoms with Crippen LogP contribution in [-0.4, -0.2) is 20.7 Å². The topological polar surface area (TPSA) is 90.2 Å². The molecule has 1 aromatic carbocycles. The van der Waals surface area contributed by atoms with Gasteiger partial charge in [0.25, 0.3) is 0 Å². The van der Waals surface area contributed by atoms with Gasteiger partial charge in [0, 0.05) is 18.0 Å². The van der Waals surface area contributed by atoms with Gasteiger partial charge >= 0.3 is 0 Å². The van der Waals surface area contributed by atoms with Gasteiger partial charge in [-0.3, -0.25) is 4.99 Å². The third-order valence-electron chi connectivity index (χ3n) is 3.15. The van der Waals surface area contributed by atoms with Gasteiger partial charge in [0.1, 0.15) is 17.8 Å². The highest BCUT2D eigenvalue weighted by molar-refractivity contribution is 6.08. The first-order chi connectivity index (χ1) is 11.7. The molecule has 7 heteroatoms. The normalized spacial score (nSPS) is 12.4. The smallest absolute Gasteiger partial charge is 0.244 e. The minimum absolute atomic E-state index is 0.129. The van der Waals surface area contributed by atoms with Gasteiger partial charge in [-0.05, 0) is 18.2 Å². The number of benzene rings is 1. The summed E-state index contributed by atoms with van der Waals surface area (Å²) >= 11 is 0. The highest BCUT2D eigenvalue weighted by Crippen LogP contribution is 2.11. The number of nitrogens with zero attached hydrogens (tertiary/aromatic N) is 4. The maximum atomic E-state index is 13.7. The summed E-state index contributed by atoms with van der Waals surface area (Å²) < 4.78 is 19.0. The Morgan fingerprint density at radius 1 is 1.12 bits per heavy atom. The summed E-state index contributed by atoms with van der Waals surface area (Å²) in [5.74, 6) is 0.323. The van der Waals surface area contributed by atoms with Gasteiger partial charge in [-0.1, -0.05) is 18.2 Å². The Morgan fingerprint density at radius 2 is 1.92 bits per heavy atom. The highest BCUT2D eigenvalue weighted by Gasteiger charge is 2.09. The number of hydrogen-bond donors (Lipinski definition) is 1. The van der Waals surface area contributed by atoms with E-state index < -0.39 is 0 Å². The lowest BCUT2D eigenvalue weighted by atomic mass is 10.2. The lowest BCUT2D eigenvalue weighted by molar-refractivity contribution is 0.547. The Labute approximate surface area is 137 Å². The van der Waals surface area contributed by atoms with Crippen molar-refractivity contribution in [3.05, 3.63) is 84.4 Å². The van der Waals surface area contributed by atoms with Crippen molar-refractivity contribution in [2.75, 3.05) is 0 Å². The maximum Gasteiger partial charge on any atom is 0.244 e. The van der Waals surface area contributed by atoms with Gasteiger partial charge in [-0.25, -0.2) is 19.3 Å². The third-order valence-corrected chi connectivity index (χ3v) is 3.15. The van der Waals surface area contributed by atoms with Crippen molar-refractivity contribution >= 4 is 11.4 Å². The summed E-state index contributed by atoms with van der Waals surface area (Å²) in [5, 5.41) is 0. The van der Waals surface area contributed by atoms with Gasteiger partial charge in [0.15, 0.2) is 5.82 Å². The number of hydrogen-bond acceptors (Lipinski definition) is 6. The number of aromatic nitrogens is 3. The molecule has 0 atom stereocenters. The molecule has 0 aliphatic carbocycles. The van der Waals surface area contributed by atoms with Gasteiger partial charge in [-0.2, -0.15) is 0 Å². The molecule has 24 heavy (non-hydrogen) atoms. The number of oxazole rings is 1. The van der Waals surface area contributed by atoms with E-state index in [0.29, 0.717) is 22.8 Å². The van der Waals surface area contributed by atoms with E-state index in [1.807, 2.05) is 0 Å². The van der Waals surface area contributed by atoms with Gasteiger partial charge in [0.05, 0.1) is 18.4 Å². The lowest BCUT2D eigenvalue weighted by Crippen LogP contribution is -2.07. The van der Waals surface area contributed by atoms with E-state index >= 15 is 0 Å². The van der Waals surface area contributed by atoms with Crippen LogP contribution >= 0.6 is 0 Å². The van der Waals surface area contributed by atoms with E-state index in [1.54, 1.807) is 42.7 Å². The van der Waals surface area contributed by atoms with Crippen LogP contribution in [0.5, 0.6) is 0 Å². The summed E-state index contributed by atoms with van der Waals surface area (Å²) in [7, 11) is 0. The molecule has 0 fully saturated rings. The van der Waals surface area contributed by atoms with Crippen LogP contribution < -0.4 is 5.73 Å². The Balaban J connectivity index is 1.93. The van der Waals surface area contributed by atoms with E-state index in [2.05, 4.69) is 19.9 Å². The second-order valence-electron chi connectivity index (χ2n) is 4.80. The van der Waals surface area contributed by atoms with E-state index in [1.165, 1.54) is 18.5 Å². The number of aliphatic imine (C=N–C) groups is 1. The summed E-state index contributed by atoms with van der Waals surface area (Å²) in [4.78, 5) is 16.6. The molecule has 0 radical (unpaired) electrons. The first kappa shape index (κ1) is 15.5. The molecule has 2 heterocycles. The molecule has 0 unspecified atom stereocenters. The predicted molar refractivity (Wildman–Crippen MR) is 87.3 cm³/mol. The standard InChI is InChI=1S/C17H14FN5O/c18-13-5-2-1-4-12(13)11-23-15(17-22-8-9-24-17)10-14(19)16-20-6-3-7-21-16/h1-10H,11,19H2. The van der Waals surface area contributed by atoms with Crippen LogP contribution in [0.1, 0.15) is 17.3 Å². The lowest BCUT2D eigenvalue weighted by Gasteiger charge is -2.03. The molecular weight excluding hydrogens is 309 g/mol. The Kier molecular flexibility index (Phi) is 4.71. The summed E-state index contributed by atoms with van der Waals surface area (Å²) in [6.45, 7) is 0.129. The molecule has 0 saturated carbocycles. The molecule has 2 N–H and O–H groups in total. The first-order valence-electron chi connectivity index (χ1n) is 7.16. The van der Waals surface area contributed by atoms with E-state index in [-0.39, 0.29) is 18.3 Å². The molecular formula is C17H14FN5O. The number of halogens is 1. The van der Waals surface area contributed by atoms with Crippen LogP contribution in [0.25, 0.3) is 5.70 Å². The van der Waals surface area contributed by atoms with Crippen molar-refractivity contribution in [1.82, 2.24) is 15.0 Å². The Bertz CT molecular complexity index is 860. The van der Waals surface area contributed by atoms with Crippen molar-refractivity contribution in [3.63, 3.8) is 0 Å². The monoisotopic (exact) mass is 323 g/mol. The Morgan fingerprint density at radius 3 is 2.62 bits per heavy atom. The number of nitrogens with two attached hydrogens (primary N) is 1. The molecule has 120 valence electrons. The fourth-order valence-corrected chi connectivity index (χ4v) is 1.98. The molecule has 0 aliphatic heterocycles. The minimum Gasteiger partial charge on any atom is -0.443 e. The van der Waals surface area contributed by atoms with Crippen molar-refractivity contribution < 1.29 is 8.81 Å². The number of rotatable bonds is 5. The van der Waals surface area contributed by atoms with E-state index in [9.17, 15) is 4.39 Å². The van der Waals surface area contributed by atoms with Crippen molar-refractivity contribution in [1.29, 1.82) is 0 Å². The fraction of sp³-hybridized carbons (Fsp3) is 0.0588. The fourth-order valence-electron chi connectivity index (χ4n) is 1.98. The molecule has 0 spiro atoms. The van der Waals surface area contributed by atoms with Gasteiger partial charge in [0.2, 0.25) is 5.89 Å². The van der Waals surface area contributed by atoms with Crippen LogP contribution in [0.4, 0.5) is 4.39 Å². The van der Waals surface area contributed by atoms with Crippen molar-refractivity contribution in [3.8, 4) is 0 Å². The molecule has 2 aromatic heterocycles. The number of allylic oxidation sites excluding steroid dienone is 1. The zero-order chi connectivity index (χ0) is 16.8. The predicted octanol–water partition coefficient (Wildman–Crippen LogP) is 2.59. The summed E-state index contributed by atoms with van der Waals surface area (Å²) in [6, 6.07) is 8.12. The van der Waals surface area contributed by atoms with Crippen LogP contribution in [-0.2, 0) is 6.54 Å². The van der Waals surface area contributed by atoms with E-state index in [0.717, 1.165) is 0 Å². The van der Waals surface area contributed by atoms with Crippen LogP contribution in [0.3, 0.4) is 0 Å². The quantitative estimate of drug-likeness (QED) is 0.729. The molecule has 0 bridgehead atoms. The molecule has 0 amide bonds. The maximum absolute atomic E-state index is 13.7. The average Bonchev–Trinajstić information content (AvgIpc) is 3.15. The average molecular weight is 323 g/mol. The van der Waals surface area contributed by atoms with Crippen LogP contribution in [0.2, 0.25) is 0 Å². The molecule has 6 nitrogen and oxygen atoms in total. The molecule has 3 rings (SSSR count). The van der Waals surface area contributed by atoms with E-state index in [4.69, 9.17) is 10.2 Å². The molecule has 0 aliphatic rings. The van der Waals surface area contributed by atoms with Crippen LogP contribution in [0, 0.1) is 5.82 Å². The Hall–Kier alpha value is -3.35. The summed E-state index contributed by atoms with van der Waals surface area (Å²) in [5.41, 5.74) is 7.16. The van der Waals surface area contributed by atoms with Crippen molar-refractivity contribution in [2.45, 2.75) is 6.54 Å². The minimum atomic E-state index is -0.323. The molecule has 3 aromatic rings. The van der Waals surface area contributed by atoms with Crippen LogP contribution in [0.15, 0.2) is 70.7 Å².